The van der Waals surface area contributed by atoms with E-state index >= 15 is 0 Å². The molecule has 0 amide bonds. The topological polar surface area (TPSA) is 0 Å². The van der Waals surface area contributed by atoms with Gasteiger partial charge < -0.3 is 0 Å². The molecule has 3 unspecified atom stereocenters. The molecule has 54 valence electrons. The minimum atomic E-state index is 0.700. The van der Waals surface area contributed by atoms with E-state index in [9.17, 15) is 0 Å². The van der Waals surface area contributed by atoms with Gasteiger partial charge in [0.05, 0.1) is 0 Å². The standard InChI is InChI=1S/C8H17As/c1-7-5-3-4-6-8(7,2)9/h7H,3-6,9H2,1-2H3. The van der Waals surface area contributed by atoms with E-state index in [1.807, 2.05) is 16.9 Å². The summed E-state index contributed by atoms with van der Waals surface area (Å²) in [6.45, 7) is 4.83. The normalized spacial score (nSPS) is 45.0. The quantitative estimate of drug-likeness (QED) is 0.510. The molecule has 1 aliphatic carbocycles. The van der Waals surface area contributed by atoms with Crippen LogP contribution in [0.15, 0.2) is 0 Å². The maximum absolute atomic E-state index is 2.43. The fourth-order valence-electron chi connectivity index (χ4n) is 1.53. The molecule has 0 saturated heterocycles. The number of hydrogen-bond acceptors (Lipinski definition) is 0. The fourth-order valence-corrected chi connectivity index (χ4v) is 2.31. The van der Waals surface area contributed by atoms with Crippen LogP contribution in [0.1, 0.15) is 39.5 Å². The van der Waals surface area contributed by atoms with Crippen LogP contribution in [-0.2, 0) is 0 Å². The average molecular weight is 188 g/mol. The third kappa shape index (κ3) is 1.74. The molecule has 0 spiro atoms. The van der Waals surface area contributed by atoms with Gasteiger partial charge in [0.1, 0.15) is 0 Å². The van der Waals surface area contributed by atoms with Crippen molar-refractivity contribution in [3.05, 3.63) is 0 Å². The van der Waals surface area contributed by atoms with Crippen molar-refractivity contribution in [3.8, 4) is 0 Å². The Morgan fingerprint density at radius 1 is 1.44 bits per heavy atom. The van der Waals surface area contributed by atoms with Crippen LogP contribution >= 0.6 is 0 Å². The molecule has 1 rings (SSSR count). The first-order chi connectivity index (χ1) is 4.13. The first kappa shape index (κ1) is 7.66. The molecule has 0 aromatic carbocycles. The van der Waals surface area contributed by atoms with Crippen molar-refractivity contribution in [2.24, 2.45) is 5.92 Å². The Labute approximate surface area is 66.9 Å². The SMILES string of the molecule is CC1CCCCC1(C)[AsH2]. The zero-order chi connectivity index (χ0) is 6.91. The third-order valence-corrected chi connectivity index (χ3v) is 4.53. The minimum absolute atomic E-state index is 0.700. The average Bonchev–Trinajstić information content (AvgIpc) is 1.77. The molecular weight excluding hydrogens is 171 g/mol. The third-order valence-electron chi connectivity index (χ3n) is 2.73. The van der Waals surface area contributed by atoms with Crippen LogP contribution in [-0.4, -0.2) is 16.9 Å². The van der Waals surface area contributed by atoms with Crippen molar-refractivity contribution >= 4 is 16.9 Å². The summed E-state index contributed by atoms with van der Waals surface area (Å²) in [4.78, 5) is 0. The van der Waals surface area contributed by atoms with Gasteiger partial charge in [-0.05, 0) is 0 Å². The van der Waals surface area contributed by atoms with Crippen LogP contribution in [0.4, 0.5) is 0 Å². The molecule has 0 heterocycles. The summed E-state index contributed by atoms with van der Waals surface area (Å²) in [5.74, 6) is 0.978. The maximum atomic E-state index is 2.43. The second-order valence-corrected chi connectivity index (χ2v) is 6.42. The van der Waals surface area contributed by atoms with E-state index in [0.717, 1.165) is 5.92 Å². The first-order valence-electron chi connectivity index (χ1n) is 3.92. The van der Waals surface area contributed by atoms with Crippen molar-refractivity contribution in [3.63, 3.8) is 0 Å². The van der Waals surface area contributed by atoms with Gasteiger partial charge >= 0.3 is 66.5 Å². The van der Waals surface area contributed by atoms with Crippen LogP contribution in [0.25, 0.3) is 0 Å². The van der Waals surface area contributed by atoms with Crippen molar-refractivity contribution in [2.45, 2.75) is 43.7 Å². The molecule has 0 N–H and O–H groups in total. The summed E-state index contributed by atoms with van der Waals surface area (Å²) < 4.78 is 0.700. The van der Waals surface area contributed by atoms with E-state index in [2.05, 4.69) is 13.8 Å². The molecular formula is C8H17As. The Balaban J connectivity index is 2.49. The van der Waals surface area contributed by atoms with Crippen LogP contribution in [0, 0.1) is 5.92 Å². The van der Waals surface area contributed by atoms with Crippen LogP contribution in [0.5, 0.6) is 0 Å². The van der Waals surface area contributed by atoms with E-state index < -0.39 is 0 Å². The van der Waals surface area contributed by atoms with Gasteiger partial charge in [-0.1, -0.05) is 0 Å². The summed E-state index contributed by atoms with van der Waals surface area (Å²) in [6.07, 6.45) is 5.88. The van der Waals surface area contributed by atoms with E-state index in [0.29, 0.717) is 4.20 Å². The fraction of sp³-hybridized carbons (Fsp3) is 1.00. The monoisotopic (exact) mass is 188 g/mol. The Morgan fingerprint density at radius 3 is 2.44 bits per heavy atom. The number of rotatable bonds is 0. The van der Waals surface area contributed by atoms with Crippen molar-refractivity contribution in [1.82, 2.24) is 0 Å². The van der Waals surface area contributed by atoms with E-state index in [-0.39, 0.29) is 0 Å². The summed E-state index contributed by atoms with van der Waals surface area (Å²) in [6, 6.07) is 0. The second-order valence-electron chi connectivity index (χ2n) is 3.65. The molecule has 0 radical (unpaired) electrons. The Morgan fingerprint density at radius 2 is 2.11 bits per heavy atom. The van der Waals surface area contributed by atoms with Gasteiger partial charge in [-0.2, -0.15) is 0 Å². The molecule has 9 heavy (non-hydrogen) atoms. The van der Waals surface area contributed by atoms with Crippen molar-refractivity contribution in [2.75, 3.05) is 0 Å². The van der Waals surface area contributed by atoms with Crippen LogP contribution < -0.4 is 0 Å². The summed E-state index contributed by atoms with van der Waals surface area (Å²) in [7, 11) is 0. The van der Waals surface area contributed by atoms with Gasteiger partial charge in [-0.15, -0.1) is 0 Å². The molecule has 1 fully saturated rings. The Bertz CT molecular complexity index is 96.7. The van der Waals surface area contributed by atoms with Gasteiger partial charge in [0.2, 0.25) is 0 Å². The van der Waals surface area contributed by atoms with Gasteiger partial charge in [0.15, 0.2) is 0 Å². The molecule has 0 bridgehead atoms. The molecule has 1 saturated carbocycles. The van der Waals surface area contributed by atoms with Gasteiger partial charge in [-0.3, -0.25) is 0 Å². The van der Waals surface area contributed by atoms with E-state index in [1.54, 1.807) is 0 Å². The number of hydrogen-bond donors (Lipinski definition) is 0. The van der Waals surface area contributed by atoms with Gasteiger partial charge in [0, 0.05) is 0 Å². The first-order valence-corrected chi connectivity index (χ1v) is 5.13. The van der Waals surface area contributed by atoms with Crippen LogP contribution in [0.2, 0.25) is 4.20 Å². The summed E-state index contributed by atoms with van der Waals surface area (Å²) in [5, 5.41) is 0. The van der Waals surface area contributed by atoms with Gasteiger partial charge in [-0.25, -0.2) is 0 Å². The molecule has 0 aromatic rings. The van der Waals surface area contributed by atoms with Crippen molar-refractivity contribution < 1.29 is 0 Å². The zero-order valence-electron chi connectivity index (χ0n) is 6.48. The summed E-state index contributed by atoms with van der Waals surface area (Å²) in [5.41, 5.74) is 0. The molecule has 0 nitrogen and oxygen atoms in total. The molecule has 1 heteroatoms. The second kappa shape index (κ2) is 2.66. The Hall–Kier alpha value is 0.558. The molecule has 0 aliphatic heterocycles. The predicted octanol–water partition coefficient (Wildman–Crippen LogP) is 2.01. The van der Waals surface area contributed by atoms with E-state index in [4.69, 9.17) is 0 Å². The summed E-state index contributed by atoms with van der Waals surface area (Å²) >= 11 is 1.95. The molecule has 3 atom stereocenters. The molecule has 1 aliphatic rings. The van der Waals surface area contributed by atoms with Crippen LogP contribution in [0.3, 0.4) is 0 Å². The molecule has 0 aromatic heterocycles. The zero-order valence-corrected chi connectivity index (χ0v) is 8.91. The predicted molar refractivity (Wildman–Crippen MR) is 44.5 cm³/mol. The van der Waals surface area contributed by atoms with E-state index in [1.165, 1.54) is 25.7 Å². The van der Waals surface area contributed by atoms with Gasteiger partial charge in [0.25, 0.3) is 0 Å². The Kier molecular flexibility index (Phi) is 2.26. The van der Waals surface area contributed by atoms with Crippen molar-refractivity contribution in [1.29, 1.82) is 0 Å².